The standard InChI is InChI=1S/C29H27F7O2/c1-2-3-4-5-16-8-24(34)29(25(35)9-16)38-15-17-6-7-26(37-14-17)18-10-20(30)27(21(31)11-18)19-12-22(32)28(36)23(33)13-19/h8-13,17,26H,2-7,14-15H2,1H3. The third-order valence-corrected chi connectivity index (χ3v) is 6.67. The van der Waals surface area contributed by atoms with Crippen molar-refractivity contribution in [1.82, 2.24) is 0 Å². The lowest BCUT2D eigenvalue weighted by atomic mass is 9.93. The van der Waals surface area contributed by atoms with Crippen LogP contribution in [0.2, 0.25) is 0 Å². The van der Waals surface area contributed by atoms with Gasteiger partial charge in [0, 0.05) is 5.92 Å². The molecule has 0 aliphatic carbocycles. The molecule has 9 heteroatoms. The summed E-state index contributed by atoms with van der Waals surface area (Å²) in [5, 5.41) is 0. The Hall–Kier alpha value is -3.07. The molecule has 4 rings (SSSR count). The van der Waals surface area contributed by atoms with Crippen LogP contribution in [0.25, 0.3) is 11.1 Å². The summed E-state index contributed by atoms with van der Waals surface area (Å²) in [4.78, 5) is 0. The summed E-state index contributed by atoms with van der Waals surface area (Å²) in [6.45, 7) is 2.17. The molecular formula is C29H27F7O2. The van der Waals surface area contributed by atoms with Gasteiger partial charge in [0.05, 0.1) is 24.9 Å². The van der Waals surface area contributed by atoms with Crippen LogP contribution in [-0.4, -0.2) is 13.2 Å². The summed E-state index contributed by atoms with van der Waals surface area (Å²) in [6, 6.07) is 5.61. The van der Waals surface area contributed by atoms with Crippen LogP contribution in [0.15, 0.2) is 36.4 Å². The second-order valence-electron chi connectivity index (χ2n) is 9.54. The first kappa shape index (κ1) is 28.0. The minimum Gasteiger partial charge on any atom is -0.487 e. The smallest absolute Gasteiger partial charge is 0.194 e. The summed E-state index contributed by atoms with van der Waals surface area (Å²) in [7, 11) is 0. The summed E-state index contributed by atoms with van der Waals surface area (Å²) in [6.07, 6.45) is 3.60. The van der Waals surface area contributed by atoms with E-state index in [-0.39, 0.29) is 24.7 Å². The van der Waals surface area contributed by atoms with E-state index in [1.807, 2.05) is 6.92 Å². The number of benzene rings is 3. The van der Waals surface area contributed by atoms with Crippen LogP contribution in [-0.2, 0) is 11.2 Å². The Bertz CT molecular complexity index is 1220. The van der Waals surface area contributed by atoms with Crippen molar-refractivity contribution in [2.45, 2.75) is 51.6 Å². The first-order valence-corrected chi connectivity index (χ1v) is 12.5. The van der Waals surface area contributed by atoms with Gasteiger partial charge in [-0.1, -0.05) is 19.8 Å². The molecule has 1 fully saturated rings. The molecule has 0 amide bonds. The Labute approximate surface area is 216 Å². The van der Waals surface area contributed by atoms with E-state index in [4.69, 9.17) is 9.47 Å². The van der Waals surface area contributed by atoms with Gasteiger partial charge in [-0.3, -0.25) is 0 Å². The average Bonchev–Trinajstić information content (AvgIpc) is 2.87. The van der Waals surface area contributed by atoms with Crippen molar-refractivity contribution in [1.29, 1.82) is 0 Å². The summed E-state index contributed by atoms with van der Waals surface area (Å²) < 4.78 is 110. The van der Waals surface area contributed by atoms with Crippen LogP contribution < -0.4 is 4.74 Å². The van der Waals surface area contributed by atoms with Gasteiger partial charge in [-0.25, -0.2) is 30.7 Å². The Kier molecular flexibility index (Phi) is 8.97. The largest absolute Gasteiger partial charge is 0.487 e. The van der Waals surface area contributed by atoms with E-state index in [2.05, 4.69) is 0 Å². The minimum absolute atomic E-state index is 0.000896. The first-order valence-electron chi connectivity index (χ1n) is 12.5. The van der Waals surface area contributed by atoms with E-state index >= 15 is 0 Å². The lowest BCUT2D eigenvalue weighted by molar-refractivity contribution is -0.0294. The number of hydrogen-bond donors (Lipinski definition) is 0. The van der Waals surface area contributed by atoms with Crippen LogP contribution in [0.5, 0.6) is 5.75 Å². The van der Waals surface area contributed by atoms with Gasteiger partial charge in [0.2, 0.25) is 0 Å². The van der Waals surface area contributed by atoms with Gasteiger partial charge in [0.1, 0.15) is 11.6 Å². The molecule has 204 valence electrons. The topological polar surface area (TPSA) is 18.5 Å². The zero-order valence-corrected chi connectivity index (χ0v) is 20.7. The van der Waals surface area contributed by atoms with Gasteiger partial charge in [-0.2, -0.15) is 0 Å². The van der Waals surface area contributed by atoms with E-state index in [1.54, 1.807) is 0 Å². The van der Waals surface area contributed by atoms with Crippen molar-refractivity contribution in [3.8, 4) is 16.9 Å². The molecule has 1 aliphatic rings. The zero-order valence-electron chi connectivity index (χ0n) is 20.7. The van der Waals surface area contributed by atoms with Crippen LogP contribution >= 0.6 is 0 Å². The second kappa shape index (κ2) is 12.2. The Balaban J connectivity index is 1.37. The van der Waals surface area contributed by atoms with Gasteiger partial charge in [0.15, 0.2) is 34.8 Å². The van der Waals surface area contributed by atoms with Gasteiger partial charge in [-0.05, 0) is 78.8 Å². The molecule has 2 unspecified atom stereocenters. The molecule has 0 saturated carbocycles. The second-order valence-corrected chi connectivity index (χ2v) is 9.54. The van der Waals surface area contributed by atoms with Crippen molar-refractivity contribution in [2.75, 3.05) is 13.2 Å². The van der Waals surface area contributed by atoms with Crippen molar-refractivity contribution < 1.29 is 40.2 Å². The number of halogens is 7. The Morgan fingerprint density at radius 1 is 0.763 bits per heavy atom. The van der Waals surface area contributed by atoms with Crippen LogP contribution in [0.1, 0.15) is 56.3 Å². The fourth-order valence-corrected chi connectivity index (χ4v) is 4.63. The minimum atomic E-state index is -1.73. The van der Waals surface area contributed by atoms with Gasteiger partial charge in [0.25, 0.3) is 0 Å². The molecular weight excluding hydrogens is 513 g/mol. The van der Waals surface area contributed by atoms with Crippen molar-refractivity contribution >= 4 is 0 Å². The maximum absolute atomic E-state index is 14.8. The van der Waals surface area contributed by atoms with Crippen LogP contribution in [0.3, 0.4) is 0 Å². The van der Waals surface area contributed by atoms with Crippen LogP contribution in [0.4, 0.5) is 30.7 Å². The number of aryl methyl sites for hydroxylation is 1. The molecule has 3 aromatic rings. The molecule has 1 saturated heterocycles. The highest BCUT2D eigenvalue weighted by Gasteiger charge is 2.27. The van der Waals surface area contributed by atoms with E-state index in [1.165, 1.54) is 12.1 Å². The van der Waals surface area contributed by atoms with Crippen LogP contribution in [0, 0.1) is 46.6 Å². The zero-order chi connectivity index (χ0) is 27.4. The lowest BCUT2D eigenvalue weighted by Crippen LogP contribution is -2.26. The highest BCUT2D eigenvalue weighted by atomic mass is 19.2. The van der Waals surface area contributed by atoms with E-state index in [0.29, 0.717) is 37.0 Å². The quantitative estimate of drug-likeness (QED) is 0.154. The van der Waals surface area contributed by atoms with Crippen molar-refractivity contribution in [3.63, 3.8) is 0 Å². The fourth-order valence-electron chi connectivity index (χ4n) is 4.63. The molecule has 3 aromatic carbocycles. The average molecular weight is 541 g/mol. The number of hydrogen-bond acceptors (Lipinski definition) is 2. The lowest BCUT2D eigenvalue weighted by Gasteiger charge is -2.29. The molecule has 2 nitrogen and oxygen atoms in total. The van der Waals surface area contributed by atoms with E-state index in [9.17, 15) is 30.7 Å². The highest BCUT2D eigenvalue weighted by molar-refractivity contribution is 5.65. The third-order valence-electron chi connectivity index (χ3n) is 6.67. The predicted octanol–water partition coefficient (Wildman–Crippen LogP) is 8.61. The number of unbranched alkanes of at least 4 members (excludes halogenated alkanes) is 2. The molecule has 0 bridgehead atoms. The predicted molar refractivity (Wildman–Crippen MR) is 128 cm³/mol. The van der Waals surface area contributed by atoms with Gasteiger partial charge < -0.3 is 9.47 Å². The molecule has 1 aliphatic heterocycles. The molecule has 0 radical (unpaired) electrons. The van der Waals surface area contributed by atoms with Crippen molar-refractivity contribution in [3.05, 3.63) is 88.2 Å². The van der Waals surface area contributed by atoms with E-state index in [0.717, 1.165) is 31.4 Å². The highest BCUT2D eigenvalue weighted by Crippen LogP contribution is 2.36. The summed E-state index contributed by atoms with van der Waals surface area (Å²) in [5.41, 5.74) is -0.404. The Morgan fingerprint density at radius 3 is 1.95 bits per heavy atom. The molecule has 1 heterocycles. The van der Waals surface area contributed by atoms with Gasteiger partial charge >= 0.3 is 0 Å². The maximum atomic E-state index is 14.8. The van der Waals surface area contributed by atoms with Crippen molar-refractivity contribution in [2.24, 2.45) is 5.92 Å². The monoisotopic (exact) mass is 540 g/mol. The first-order chi connectivity index (χ1) is 18.2. The third kappa shape index (κ3) is 6.31. The normalized spacial score (nSPS) is 17.6. The summed E-state index contributed by atoms with van der Waals surface area (Å²) >= 11 is 0. The number of ether oxygens (including phenoxy) is 2. The molecule has 0 N–H and O–H groups in total. The van der Waals surface area contributed by atoms with Gasteiger partial charge in [-0.15, -0.1) is 0 Å². The maximum Gasteiger partial charge on any atom is 0.194 e. The fraction of sp³-hybridized carbons (Fsp3) is 0.379. The van der Waals surface area contributed by atoms with E-state index < -0.39 is 63.7 Å². The molecule has 38 heavy (non-hydrogen) atoms. The molecule has 0 aromatic heterocycles. The summed E-state index contributed by atoms with van der Waals surface area (Å²) in [5.74, 6) is -9.19. The molecule has 2 atom stereocenters. The number of rotatable bonds is 9. The Morgan fingerprint density at radius 2 is 1.39 bits per heavy atom. The SMILES string of the molecule is CCCCCc1cc(F)c(OCC2CCC(c3cc(F)c(-c4cc(F)c(F)c(F)c4)c(F)c3)OC2)c(F)c1. The molecule has 0 spiro atoms.